The molecule has 1 aliphatic rings. The van der Waals surface area contributed by atoms with Crippen molar-refractivity contribution >= 4 is 5.97 Å². The van der Waals surface area contributed by atoms with Crippen LogP contribution in [-0.4, -0.2) is 23.8 Å². The van der Waals surface area contributed by atoms with Gasteiger partial charge >= 0.3 is 5.97 Å². The molecule has 0 spiro atoms. The Morgan fingerprint density at radius 2 is 2.00 bits per heavy atom. The maximum atomic E-state index is 11.2. The number of carboxylic acids is 1. The zero-order valence-electron chi connectivity index (χ0n) is 11.9. The van der Waals surface area contributed by atoms with Gasteiger partial charge in [-0.15, -0.1) is 0 Å². The smallest absolute Gasteiger partial charge is 0.309 e. The number of aliphatic carboxylic acids is 1. The fourth-order valence-electron chi connectivity index (χ4n) is 2.40. The molecule has 1 saturated carbocycles. The fraction of sp³-hybridized carbons (Fsp3) is 0.562. The lowest BCUT2D eigenvalue weighted by molar-refractivity contribution is -0.146. The number of rotatable bonds is 6. The highest BCUT2D eigenvalue weighted by Gasteiger charge is 2.42. The molecule has 1 fully saturated rings. The van der Waals surface area contributed by atoms with E-state index in [1.165, 1.54) is 5.56 Å². The van der Waals surface area contributed by atoms with Crippen LogP contribution in [0.1, 0.15) is 37.8 Å². The Balaban J connectivity index is 2.09. The van der Waals surface area contributed by atoms with Crippen LogP contribution in [-0.2, 0) is 22.4 Å². The Bertz CT molecular complexity index is 473. The molecular formula is C16H22O3. The number of ether oxygens (including phenoxy) is 1. The number of hydrogen-bond acceptors (Lipinski definition) is 2. The number of methoxy groups -OCH3 is 1. The summed E-state index contributed by atoms with van der Waals surface area (Å²) in [6.45, 7) is 3.53. The SMILES string of the molecule is COC1(Cc2cccc(CC(C)(C)C(=O)O)c2)CC1. The summed E-state index contributed by atoms with van der Waals surface area (Å²) in [5.74, 6) is -0.756. The molecule has 2 rings (SSSR count). The van der Waals surface area contributed by atoms with Gasteiger partial charge in [-0.25, -0.2) is 0 Å². The van der Waals surface area contributed by atoms with E-state index in [1.54, 1.807) is 21.0 Å². The summed E-state index contributed by atoms with van der Waals surface area (Å²) in [5, 5.41) is 9.19. The Kier molecular flexibility index (Phi) is 3.68. The van der Waals surface area contributed by atoms with Crippen LogP contribution >= 0.6 is 0 Å². The van der Waals surface area contributed by atoms with E-state index in [2.05, 4.69) is 12.1 Å². The van der Waals surface area contributed by atoms with E-state index in [1.807, 2.05) is 12.1 Å². The average Bonchev–Trinajstić information content (AvgIpc) is 3.09. The first kappa shape index (κ1) is 14.1. The third kappa shape index (κ3) is 3.35. The molecule has 3 nitrogen and oxygen atoms in total. The van der Waals surface area contributed by atoms with Gasteiger partial charge in [0.05, 0.1) is 11.0 Å². The Labute approximate surface area is 114 Å². The Morgan fingerprint density at radius 3 is 2.53 bits per heavy atom. The minimum absolute atomic E-state index is 0.0426. The second-order valence-electron chi connectivity index (χ2n) is 6.25. The van der Waals surface area contributed by atoms with Gasteiger partial charge in [-0.1, -0.05) is 24.3 Å². The largest absolute Gasteiger partial charge is 0.481 e. The molecule has 0 atom stereocenters. The van der Waals surface area contributed by atoms with Gasteiger partial charge in [0.1, 0.15) is 0 Å². The lowest BCUT2D eigenvalue weighted by atomic mass is 9.85. The van der Waals surface area contributed by atoms with Crippen molar-refractivity contribution in [3.63, 3.8) is 0 Å². The van der Waals surface area contributed by atoms with Crippen LogP contribution in [0, 0.1) is 5.41 Å². The molecule has 3 heteroatoms. The van der Waals surface area contributed by atoms with Gasteiger partial charge in [-0.05, 0) is 44.2 Å². The topological polar surface area (TPSA) is 46.5 Å². The number of carboxylic acid groups (broad SMARTS) is 1. The summed E-state index contributed by atoms with van der Waals surface area (Å²) in [6, 6.07) is 8.22. The van der Waals surface area contributed by atoms with Crippen molar-refractivity contribution in [1.29, 1.82) is 0 Å². The summed E-state index contributed by atoms with van der Waals surface area (Å²) in [5.41, 5.74) is 1.63. The predicted molar refractivity (Wildman–Crippen MR) is 74.2 cm³/mol. The maximum absolute atomic E-state index is 11.2. The third-order valence-corrected chi connectivity index (χ3v) is 3.98. The molecule has 1 aromatic rings. The van der Waals surface area contributed by atoms with Crippen molar-refractivity contribution in [3.05, 3.63) is 35.4 Å². The summed E-state index contributed by atoms with van der Waals surface area (Å²) in [7, 11) is 1.77. The quantitative estimate of drug-likeness (QED) is 0.857. The minimum Gasteiger partial charge on any atom is -0.481 e. The van der Waals surface area contributed by atoms with Crippen molar-refractivity contribution in [2.24, 2.45) is 5.41 Å². The summed E-state index contributed by atoms with van der Waals surface area (Å²) < 4.78 is 5.54. The van der Waals surface area contributed by atoms with Crippen LogP contribution < -0.4 is 0 Å². The summed E-state index contributed by atoms with van der Waals surface area (Å²) >= 11 is 0. The lowest BCUT2D eigenvalue weighted by Crippen LogP contribution is -2.26. The van der Waals surface area contributed by atoms with Crippen molar-refractivity contribution in [2.75, 3.05) is 7.11 Å². The molecule has 0 unspecified atom stereocenters. The van der Waals surface area contributed by atoms with E-state index in [4.69, 9.17) is 4.74 Å². The van der Waals surface area contributed by atoms with Crippen molar-refractivity contribution < 1.29 is 14.6 Å². The minimum atomic E-state index is -0.756. The normalized spacial score (nSPS) is 17.2. The molecular weight excluding hydrogens is 240 g/mol. The maximum Gasteiger partial charge on any atom is 0.309 e. The highest BCUT2D eigenvalue weighted by Crippen LogP contribution is 2.41. The van der Waals surface area contributed by atoms with Crippen LogP contribution in [0.25, 0.3) is 0 Å². The standard InChI is InChI=1S/C16H22O3/c1-15(2,14(17)18)10-12-5-4-6-13(9-12)11-16(19-3)7-8-16/h4-6,9H,7-8,10-11H2,1-3H3,(H,17,18). The predicted octanol–water partition coefficient (Wildman–Crippen LogP) is 3.06. The van der Waals surface area contributed by atoms with E-state index < -0.39 is 11.4 Å². The number of hydrogen-bond donors (Lipinski definition) is 1. The zero-order chi connectivity index (χ0) is 14.1. The molecule has 0 bridgehead atoms. The van der Waals surface area contributed by atoms with Crippen molar-refractivity contribution in [1.82, 2.24) is 0 Å². The molecule has 0 aliphatic heterocycles. The molecule has 104 valence electrons. The first-order valence-corrected chi connectivity index (χ1v) is 6.73. The van der Waals surface area contributed by atoms with Gasteiger partial charge in [0.2, 0.25) is 0 Å². The van der Waals surface area contributed by atoms with E-state index in [0.29, 0.717) is 6.42 Å². The van der Waals surface area contributed by atoms with E-state index in [-0.39, 0.29) is 5.60 Å². The monoisotopic (exact) mass is 262 g/mol. The first-order chi connectivity index (χ1) is 8.87. The summed E-state index contributed by atoms with van der Waals surface area (Å²) in [6.07, 6.45) is 3.71. The van der Waals surface area contributed by atoms with E-state index in [9.17, 15) is 9.90 Å². The van der Waals surface area contributed by atoms with Gasteiger partial charge < -0.3 is 9.84 Å². The van der Waals surface area contributed by atoms with Gasteiger partial charge in [-0.3, -0.25) is 4.79 Å². The van der Waals surface area contributed by atoms with Gasteiger partial charge in [0.15, 0.2) is 0 Å². The molecule has 0 heterocycles. The van der Waals surface area contributed by atoms with Crippen LogP contribution in [0.2, 0.25) is 0 Å². The molecule has 1 N–H and O–H groups in total. The molecule has 0 radical (unpaired) electrons. The van der Waals surface area contributed by atoms with Crippen LogP contribution in [0.4, 0.5) is 0 Å². The van der Waals surface area contributed by atoms with Gasteiger partial charge in [-0.2, -0.15) is 0 Å². The van der Waals surface area contributed by atoms with Crippen molar-refractivity contribution in [3.8, 4) is 0 Å². The molecule has 0 aromatic heterocycles. The average molecular weight is 262 g/mol. The van der Waals surface area contributed by atoms with Crippen LogP contribution in [0.15, 0.2) is 24.3 Å². The second-order valence-corrected chi connectivity index (χ2v) is 6.25. The Morgan fingerprint density at radius 1 is 1.37 bits per heavy atom. The second kappa shape index (κ2) is 4.97. The van der Waals surface area contributed by atoms with Crippen LogP contribution in [0.5, 0.6) is 0 Å². The van der Waals surface area contributed by atoms with Gasteiger partial charge in [0, 0.05) is 13.5 Å². The summed E-state index contributed by atoms with van der Waals surface area (Å²) in [4.78, 5) is 11.2. The van der Waals surface area contributed by atoms with Gasteiger partial charge in [0.25, 0.3) is 0 Å². The third-order valence-electron chi connectivity index (χ3n) is 3.98. The van der Waals surface area contributed by atoms with E-state index in [0.717, 1.165) is 24.8 Å². The molecule has 0 amide bonds. The number of carbonyl (C=O) groups is 1. The lowest BCUT2D eigenvalue weighted by Gasteiger charge is -2.20. The zero-order valence-corrected chi connectivity index (χ0v) is 11.9. The fourth-order valence-corrected chi connectivity index (χ4v) is 2.40. The molecule has 1 aromatic carbocycles. The Hall–Kier alpha value is -1.35. The van der Waals surface area contributed by atoms with Crippen LogP contribution in [0.3, 0.4) is 0 Å². The highest BCUT2D eigenvalue weighted by molar-refractivity contribution is 5.74. The first-order valence-electron chi connectivity index (χ1n) is 6.73. The molecule has 19 heavy (non-hydrogen) atoms. The highest BCUT2D eigenvalue weighted by atomic mass is 16.5. The molecule has 1 aliphatic carbocycles. The van der Waals surface area contributed by atoms with E-state index >= 15 is 0 Å². The molecule has 0 saturated heterocycles. The van der Waals surface area contributed by atoms with Crippen molar-refractivity contribution in [2.45, 2.75) is 45.1 Å². The number of benzene rings is 1.